The summed E-state index contributed by atoms with van der Waals surface area (Å²) in [6, 6.07) is -0.827. The van der Waals surface area contributed by atoms with Crippen molar-refractivity contribution in [1.29, 1.82) is 0 Å². The quantitative estimate of drug-likeness (QED) is 0.753. The number of thiazole rings is 1. The number of hydrogen-bond donors (Lipinski definition) is 3. The van der Waals surface area contributed by atoms with Crippen LogP contribution in [0, 0.1) is 5.92 Å². The first kappa shape index (κ1) is 16.4. The molecule has 0 spiro atoms. The Hall–Kier alpha value is -1.63. The molecule has 0 aliphatic rings. The van der Waals surface area contributed by atoms with E-state index in [1.165, 1.54) is 11.3 Å². The van der Waals surface area contributed by atoms with E-state index in [1.54, 1.807) is 0 Å². The molecule has 0 saturated heterocycles. The molecule has 1 aromatic heterocycles. The van der Waals surface area contributed by atoms with Gasteiger partial charge in [-0.3, -0.25) is 10.1 Å². The fourth-order valence-electron chi connectivity index (χ4n) is 1.55. The van der Waals surface area contributed by atoms with Gasteiger partial charge in [0.25, 0.3) is 0 Å². The standard InChI is InChI=1S/C13H21N3O3S/c1-7(2)9(5-11(17)18)14-12(19)16-13-15-10(6-20-13)8(3)4/h6-9H,5H2,1-4H3,(H,17,18)(H2,14,15,16,19). The Balaban J connectivity index is 2.58. The number of nitrogens with zero attached hydrogens (tertiary/aromatic N) is 1. The van der Waals surface area contributed by atoms with E-state index in [2.05, 4.69) is 15.6 Å². The fraction of sp³-hybridized carbons (Fsp3) is 0.615. The lowest BCUT2D eigenvalue weighted by atomic mass is 10.0. The summed E-state index contributed by atoms with van der Waals surface area (Å²) in [5.74, 6) is -0.583. The van der Waals surface area contributed by atoms with Gasteiger partial charge >= 0.3 is 12.0 Å². The van der Waals surface area contributed by atoms with Gasteiger partial charge in [0.05, 0.1) is 12.1 Å². The average molecular weight is 299 g/mol. The molecule has 1 unspecified atom stereocenters. The molecule has 1 heterocycles. The van der Waals surface area contributed by atoms with Crippen LogP contribution in [-0.2, 0) is 4.79 Å². The topological polar surface area (TPSA) is 91.3 Å². The smallest absolute Gasteiger partial charge is 0.321 e. The third kappa shape index (κ3) is 5.16. The van der Waals surface area contributed by atoms with Crippen LogP contribution in [0.4, 0.5) is 9.93 Å². The van der Waals surface area contributed by atoms with Gasteiger partial charge in [-0.15, -0.1) is 11.3 Å². The Bertz CT molecular complexity index is 471. The van der Waals surface area contributed by atoms with Crippen LogP contribution in [0.25, 0.3) is 0 Å². The van der Waals surface area contributed by atoms with Crippen molar-refractivity contribution >= 4 is 28.5 Å². The Labute approximate surface area is 122 Å². The first-order chi connectivity index (χ1) is 9.29. The predicted molar refractivity (Wildman–Crippen MR) is 79.2 cm³/mol. The number of anilines is 1. The molecule has 0 aliphatic heterocycles. The van der Waals surface area contributed by atoms with Crippen molar-refractivity contribution in [1.82, 2.24) is 10.3 Å². The molecule has 7 heteroatoms. The number of urea groups is 1. The summed E-state index contributed by atoms with van der Waals surface area (Å²) in [6.45, 7) is 7.80. The van der Waals surface area contributed by atoms with Crippen LogP contribution in [0.3, 0.4) is 0 Å². The van der Waals surface area contributed by atoms with Gasteiger partial charge in [-0.05, 0) is 11.8 Å². The summed E-state index contributed by atoms with van der Waals surface area (Å²) in [4.78, 5) is 26.9. The molecule has 1 rings (SSSR count). The number of rotatable bonds is 6. The van der Waals surface area contributed by atoms with Gasteiger partial charge in [0.15, 0.2) is 5.13 Å². The molecule has 0 saturated carbocycles. The molecular weight excluding hydrogens is 278 g/mol. The van der Waals surface area contributed by atoms with Crippen molar-refractivity contribution in [3.8, 4) is 0 Å². The van der Waals surface area contributed by atoms with E-state index >= 15 is 0 Å². The van der Waals surface area contributed by atoms with Crippen LogP contribution < -0.4 is 10.6 Å². The van der Waals surface area contributed by atoms with Gasteiger partial charge in [0.2, 0.25) is 0 Å². The predicted octanol–water partition coefficient (Wildman–Crippen LogP) is 2.89. The van der Waals surface area contributed by atoms with Gasteiger partial charge < -0.3 is 10.4 Å². The number of carbonyl (C=O) groups is 2. The zero-order valence-corrected chi connectivity index (χ0v) is 13.0. The normalized spacial score (nSPS) is 12.5. The van der Waals surface area contributed by atoms with E-state index < -0.39 is 18.0 Å². The Morgan fingerprint density at radius 1 is 1.35 bits per heavy atom. The minimum absolute atomic E-state index is 0.0411. The van der Waals surface area contributed by atoms with Crippen LogP contribution in [0.15, 0.2) is 5.38 Å². The molecule has 6 nitrogen and oxygen atoms in total. The first-order valence-electron chi connectivity index (χ1n) is 6.54. The summed E-state index contributed by atoms with van der Waals surface area (Å²) in [5, 5.41) is 16.5. The summed E-state index contributed by atoms with van der Waals surface area (Å²) in [5.41, 5.74) is 0.927. The molecule has 3 N–H and O–H groups in total. The van der Waals surface area contributed by atoms with Crippen molar-refractivity contribution in [2.75, 3.05) is 5.32 Å². The number of hydrogen-bond acceptors (Lipinski definition) is 4. The van der Waals surface area contributed by atoms with Crippen molar-refractivity contribution in [3.63, 3.8) is 0 Å². The molecule has 2 amide bonds. The van der Waals surface area contributed by atoms with Crippen LogP contribution >= 0.6 is 11.3 Å². The van der Waals surface area contributed by atoms with Crippen LogP contribution in [-0.4, -0.2) is 28.1 Å². The second-order valence-electron chi connectivity index (χ2n) is 5.28. The molecule has 20 heavy (non-hydrogen) atoms. The van der Waals surface area contributed by atoms with Gasteiger partial charge in [-0.25, -0.2) is 9.78 Å². The molecular formula is C13H21N3O3S. The minimum Gasteiger partial charge on any atom is -0.481 e. The zero-order valence-electron chi connectivity index (χ0n) is 12.1. The van der Waals surface area contributed by atoms with E-state index in [0.29, 0.717) is 11.0 Å². The van der Waals surface area contributed by atoms with Gasteiger partial charge in [0, 0.05) is 11.4 Å². The second kappa shape index (κ2) is 7.23. The SMILES string of the molecule is CC(C)c1csc(NC(=O)NC(CC(=O)O)C(C)C)n1. The van der Waals surface area contributed by atoms with E-state index in [0.717, 1.165) is 5.69 Å². The van der Waals surface area contributed by atoms with E-state index in [-0.39, 0.29) is 12.3 Å². The minimum atomic E-state index is -0.930. The molecule has 1 atom stereocenters. The molecule has 0 aliphatic carbocycles. The molecule has 1 aromatic rings. The summed E-state index contributed by atoms with van der Waals surface area (Å²) >= 11 is 1.36. The number of amides is 2. The highest BCUT2D eigenvalue weighted by atomic mass is 32.1. The highest BCUT2D eigenvalue weighted by Crippen LogP contribution is 2.21. The molecule has 0 radical (unpaired) electrons. The number of nitrogens with one attached hydrogen (secondary N) is 2. The van der Waals surface area contributed by atoms with Crippen LogP contribution in [0.1, 0.15) is 45.7 Å². The maximum absolute atomic E-state index is 11.8. The highest BCUT2D eigenvalue weighted by molar-refractivity contribution is 7.13. The lowest BCUT2D eigenvalue weighted by molar-refractivity contribution is -0.137. The van der Waals surface area contributed by atoms with E-state index in [1.807, 2.05) is 33.1 Å². The third-order valence-electron chi connectivity index (χ3n) is 2.85. The summed E-state index contributed by atoms with van der Waals surface area (Å²) < 4.78 is 0. The van der Waals surface area contributed by atoms with Gasteiger partial charge in [0.1, 0.15) is 0 Å². The number of aliphatic carboxylic acids is 1. The Kier molecular flexibility index (Phi) is 5.94. The van der Waals surface area contributed by atoms with Crippen molar-refractivity contribution < 1.29 is 14.7 Å². The monoisotopic (exact) mass is 299 g/mol. The molecule has 0 aromatic carbocycles. The average Bonchev–Trinajstić information content (AvgIpc) is 2.75. The lowest BCUT2D eigenvalue weighted by Crippen LogP contribution is -2.42. The van der Waals surface area contributed by atoms with Crippen molar-refractivity contribution in [3.05, 3.63) is 11.1 Å². The van der Waals surface area contributed by atoms with E-state index in [9.17, 15) is 9.59 Å². The number of carbonyl (C=O) groups excluding carboxylic acids is 1. The lowest BCUT2D eigenvalue weighted by Gasteiger charge is -2.20. The van der Waals surface area contributed by atoms with Gasteiger partial charge in [-0.2, -0.15) is 0 Å². The Morgan fingerprint density at radius 2 is 2.00 bits per heavy atom. The van der Waals surface area contributed by atoms with Crippen LogP contribution in [0.2, 0.25) is 0 Å². The summed E-state index contributed by atoms with van der Waals surface area (Å²) in [7, 11) is 0. The second-order valence-corrected chi connectivity index (χ2v) is 6.14. The largest absolute Gasteiger partial charge is 0.481 e. The molecule has 0 fully saturated rings. The third-order valence-corrected chi connectivity index (χ3v) is 3.63. The first-order valence-corrected chi connectivity index (χ1v) is 7.42. The van der Waals surface area contributed by atoms with Crippen molar-refractivity contribution in [2.24, 2.45) is 5.92 Å². The zero-order chi connectivity index (χ0) is 15.3. The fourth-order valence-corrected chi connectivity index (χ4v) is 2.42. The highest BCUT2D eigenvalue weighted by Gasteiger charge is 2.20. The van der Waals surface area contributed by atoms with Crippen molar-refractivity contribution in [2.45, 2.75) is 46.1 Å². The van der Waals surface area contributed by atoms with Gasteiger partial charge in [-0.1, -0.05) is 27.7 Å². The molecule has 112 valence electrons. The Morgan fingerprint density at radius 3 is 2.45 bits per heavy atom. The van der Waals surface area contributed by atoms with E-state index in [4.69, 9.17) is 5.11 Å². The molecule has 0 bridgehead atoms. The maximum atomic E-state index is 11.8. The number of carboxylic acids is 1. The maximum Gasteiger partial charge on any atom is 0.321 e. The summed E-state index contributed by atoms with van der Waals surface area (Å²) in [6.07, 6.45) is -0.0970. The number of carboxylic acid groups (broad SMARTS) is 1. The number of aromatic nitrogens is 1. The van der Waals surface area contributed by atoms with Crippen LogP contribution in [0.5, 0.6) is 0 Å².